The Morgan fingerprint density at radius 1 is 1.31 bits per heavy atom. The molecule has 0 fully saturated rings. The van der Waals surface area contributed by atoms with Gasteiger partial charge in [-0.15, -0.1) is 0 Å². The molecule has 13 heavy (non-hydrogen) atoms. The van der Waals surface area contributed by atoms with Crippen LogP contribution in [0.5, 0.6) is 17.2 Å². The van der Waals surface area contributed by atoms with Crippen molar-refractivity contribution in [2.45, 2.75) is 0 Å². The van der Waals surface area contributed by atoms with Crippen LogP contribution in [0.1, 0.15) is 0 Å². The number of hydrogen-bond acceptors (Lipinski definition) is 4. The Labute approximate surface area is 76.2 Å². The SMILES string of the molecule is NCCOc1ccc2c(c1)OCO2. The van der Waals surface area contributed by atoms with Crippen LogP contribution in [0.15, 0.2) is 18.2 Å². The zero-order valence-electron chi connectivity index (χ0n) is 7.16. The number of benzene rings is 1. The lowest BCUT2D eigenvalue weighted by Gasteiger charge is -2.04. The fourth-order valence-corrected chi connectivity index (χ4v) is 1.14. The molecule has 0 saturated heterocycles. The van der Waals surface area contributed by atoms with Gasteiger partial charge in [-0.3, -0.25) is 0 Å². The van der Waals surface area contributed by atoms with Gasteiger partial charge >= 0.3 is 0 Å². The zero-order chi connectivity index (χ0) is 9.10. The predicted molar refractivity (Wildman–Crippen MR) is 47.1 cm³/mol. The van der Waals surface area contributed by atoms with Crippen molar-refractivity contribution >= 4 is 0 Å². The standard InChI is InChI=1S/C9H11NO3/c10-3-4-11-7-1-2-8-9(5-7)13-6-12-8/h1-2,5H,3-4,6,10H2. The number of ether oxygens (including phenoxy) is 3. The molecule has 0 amide bonds. The number of fused-ring (bicyclic) bond motifs is 1. The molecule has 0 bridgehead atoms. The molecule has 1 heterocycles. The summed E-state index contributed by atoms with van der Waals surface area (Å²) in [6.45, 7) is 1.31. The minimum Gasteiger partial charge on any atom is -0.492 e. The molecule has 1 aliphatic heterocycles. The maximum absolute atomic E-state index is 5.32. The molecule has 0 saturated carbocycles. The molecule has 4 heteroatoms. The highest BCUT2D eigenvalue weighted by molar-refractivity contribution is 5.46. The van der Waals surface area contributed by atoms with Crippen molar-refractivity contribution in [1.82, 2.24) is 0 Å². The van der Waals surface area contributed by atoms with Gasteiger partial charge in [0.15, 0.2) is 11.5 Å². The first-order valence-electron chi connectivity index (χ1n) is 4.12. The Morgan fingerprint density at radius 3 is 3.00 bits per heavy atom. The van der Waals surface area contributed by atoms with E-state index in [0.717, 1.165) is 17.2 Å². The van der Waals surface area contributed by atoms with E-state index in [1.807, 2.05) is 12.1 Å². The quantitative estimate of drug-likeness (QED) is 0.747. The van der Waals surface area contributed by atoms with Gasteiger partial charge in [0.2, 0.25) is 6.79 Å². The maximum Gasteiger partial charge on any atom is 0.231 e. The van der Waals surface area contributed by atoms with Crippen LogP contribution in [-0.2, 0) is 0 Å². The van der Waals surface area contributed by atoms with Gasteiger partial charge in [-0.25, -0.2) is 0 Å². The first kappa shape index (κ1) is 8.19. The van der Waals surface area contributed by atoms with Gasteiger partial charge in [0.25, 0.3) is 0 Å². The van der Waals surface area contributed by atoms with Crippen molar-refractivity contribution in [3.63, 3.8) is 0 Å². The summed E-state index contributed by atoms with van der Waals surface area (Å²) in [5.41, 5.74) is 5.31. The van der Waals surface area contributed by atoms with Crippen molar-refractivity contribution in [2.75, 3.05) is 19.9 Å². The third kappa shape index (κ3) is 1.67. The molecule has 0 aliphatic carbocycles. The molecule has 1 aromatic carbocycles. The van der Waals surface area contributed by atoms with Crippen molar-refractivity contribution in [3.8, 4) is 17.2 Å². The molecule has 0 aromatic heterocycles. The monoisotopic (exact) mass is 181 g/mol. The van der Waals surface area contributed by atoms with E-state index < -0.39 is 0 Å². The first-order chi connectivity index (χ1) is 6.40. The van der Waals surface area contributed by atoms with E-state index in [2.05, 4.69) is 0 Å². The Balaban J connectivity index is 2.12. The zero-order valence-corrected chi connectivity index (χ0v) is 7.16. The van der Waals surface area contributed by atoms with Crippen LogP contribution in [0.4, 0.5) is 0 Å². The summed E-state index contributed by atoms with van der Waals surface area (Å²) in [4.78, 5) is 0. The van der Waals surface area contributed by atoms with Crippen LogP contribution in [0.25, 0.3) is 0 Å². The molecule has 0 atom stereocenters. The average molecular weight is 181 g/mol. The van der Waals surface area contributed by atoms with Crippen molar-refractivity contribution in [1.29, 1.82) is 0 Å². The topological polar surface area (TPSA) is 53.7 Å². The van der Waals surface area contributed by atoms with E-state index in [1.54, 1.807) is 6.07 Å². The molecule has 4 nitrogen and oxygen atoms in total. The lowest BCUT2D eigenvalue weighted by Crippen LogP contribution is -2.10. The lowest BCUT2D eigenvalue weighted by molar-refractivity contribution is 0.174. The van der Waals surface area contributed by atoms with Crippen molar-refractivity contribution < 1.29 is 14.2 Å². The first-order valence-corrected chi connectivity index (χ1v) is 4.12. The molecule has 70 valence electrons. The van der Waals surface area contributed by atoms with Gasteiger partial charge in [-0.2, -0.15) is 0 Å². The second-order valence-electron chi connectivity index (χ2n) is 2.65. The molecule has 2 N–H and O–H groups in total. The Hall–Kier alpha value is -1.42. The van der Waals surface area contributed by atoms with Crippen LogP contribution in [0.3, 0.4) is 0 Å². The molecular formula is C9H11NO3. The molecular weight excluding hydrogens is 170 g/mol. The van der Waals surface area contributed by atoms with Gasteiger partial charge in [0.1, 0.15) is 12.4 Å². The van der Waals surface area contributed by atoms with E-state index in [4.69, 9.17) is 19.9 Å². The Kier molecular flexibility index (Phi) is 2.23. The lowest BCUT2D eigenvalue weighted by atomic mass is 10.3. The normalized spacial score (nSPS) is 13.0. The van der Waals surface area contributed by atoms with Gasteiger partial charge in [0, 0.05) is 12.6 Å². The van der Waals surface area contributed by atoms with Crippen molar-refractivity contribution in [3.05, 3.63) is 18.2 Å². The summed E-state index contributed by atoms with van der Waals surface area (Å²) in [6.07, 6.45) is 0. The molecule has 0 unspecified atom stereocenters. The second kappa shape index (κ2) is 3.53. The Morgan fingerprint density at radius 2 is 2.15 bits per heavy atom. The largest absolute Gasteiger partial charge is 0.492 e. The van der Waals surface area contributed by atoms with E-state index in [1.165, 1.54) is 0 Å². The second-order valence-corrected chi connectivity index (χ2v) is 2.65. The van der Waals surface area contributed by atoms with E-state index in [9.17, 15) is 0 Å². The number of nitrogens with two attached hydrogens (primary N) is 1. The summed E-state index contributed by atoms with van der Waals surface area (Å²) in [6, 6.07) is 5.47. The highest BCUT2D eigenvalue weighted by Gasteiger charge is 2.13. The van der Waals surface area contributed by atoms with Crippen LogP contribution in [0, 0.1) is 0 Å². The van der Waals surface area contributed by atoms with Gasteiger partial charge < -0.3 is 19.9 Å². The average Bonchev–Trinajstić information content (AvgIpc) is 2.61. The van der Waals surface area contributed by atoms with Gasteiger partial charge in [-0.05, 0) is 12.1 Å². The summed E-state index contributed by atoms with van der Waals surface area (Å²) in [7, 11) is 0. The van der Waals surface area contributed by atoms with E-state index >= 15 is 0 Å². The summed E-state index contributed by atoms with van der Waals surface area (Å²) in [5, 5.41) is 0. The van der Waals surface area contributed by atoms with Crippen LogP contribution < -0.4 is 19.9 Å². The van der Waals surface area contributed by atoms with E-state index in [0.29, 0.717) is 13.2 Å². The fourth-order valence-electron chi connectivity index (χ4n) is 1.14. The summed E-state index contributed by atoms with van der Waals surface area (Å²) in [5.74, 6) is 2.25. The Bertz CT molecular complexity index is 301. The van der Waals surface area contributed by atoms with Crippen LogP contribution in [0.2, 0.25) is 0 Å². The van der Waals surface area contributed by atoms with Gasteiger partial charge in [0.05, 0.1) is 0 Å². The highest BCUT2D eigenvalue weighted by atomic mass is 16.7. The molecule has 1 aliphatic rings. The molecule has 0 spiro atoms. The van der Waals surface area contributed by atoms with Crippen molar-refractivity contribution in [2.24, 2.45) is 5.73 Å². The predicted octanol–water partition coefficient (Wildman–Crippen LogP) is 0.753. The smallest absolute Gasteiger partial charge is 0.231 e. The third-order valence-electron chi connectivity index (χ3n) is 1.73. The minimum absolute atomic E-state index is 0.287. The third-order valence-corrected chi connectivity index (χ3v) is 1.73. The number of hydrogen-bond donors (Lipinski definition) is 1. The molecule has 1 aromatic rings. The minimum atomic E-state index is 0.287. The summed E-state index contributed by atoms with van der Waals surface area (Å²) >= 11 is 0. The van der Waals surface area contributed by atoms with Crippen LogP contribution in [-0.4, -0.2) is 19.9 Å². The number of rotatable bonds is 3. The van der Waals surface area contributed by atoms with Crippen LogP contribution >= 0.6 is 0 Å². The summed E-state index contributed by atoms with van der Waals surface area (Å²) < 4.78 is 15.7. The molecule has 0 radical (unpaired) electrons. The van der Waals surface area contributed by atoms with E-state index in [-0.39, 0.29) is 6.79 Å². The van der Waals surface area contributed by atoms with Gasteiger partial charge in [-0.1, -0.05) is 0 Å². The fraction of sp³-hybridized carbons (Fsp3) is 0.333. The molecule has 2 rings (SSSR count). The maximum atomic E-state index is 5.32. The highest BCUT2D eigenvalue weighted by Crippen LogP contribution is 2.34.